The second kappa shape index (κ2) is 7.18. The molecule has 1 atom stereocenters. The average Bonchev–Trinajstić information content (AvgIpc) is 3.43. The third-order valence-electron chi connectivity index (χ3n) is 5.89. The molecular weight excluding hydrogens is 354 g/mol. The maximum Gasteiger partial charge on any atom is 0.276 e. The number of imidazole rings is 1. The van der Waals surface area contributed by atoms with Gasteiger partial charge in [0.2, 0.25) is 0 Å². The van der Waals surface area contributed by atoms with Crippen LogP contribution in [-0.2, 0) is 6.42 Å². The lowest BCUT2D eigenvalue weighted by molar-refractivity contribution is 0.0684. The highest BCUT2D eigenvalue weighted by Crippen LogP contribution is 2.34. The molecule has 1 unspecified atom stereocenters. The second-order valence-electron chi connectivity index (χ2n) is 7.57. The van der Waals surface area contributed by atoms with Crippen LogP contribution in [0.5, 0.6) is 0 Å². The number of H-pyrrole nitrogens is 1. The van der Waals surface area contributed by atoms with Crippen molar-refractivity contribution in [2.45, 2.75) is 50.6 Å². The van der Waals surface area contributed by atoms with E-state index in [-0.39, 0.29) is 11.9 Å². The Balaban J connectivity index is 1.46. The van der Waals surface area contributed by atoms with Crippen LogP contribution in [0.3, 0.4) is 0 Å². The molecular formula is C20H23N7O. The third kappa shape index (κ3) is 2.98. The smallest absolute Gasteiger partial charge is 0.276 e. The Morgan fingerprint density at radius 2 is 1.96 bits per heavy atom. The number of amides is 1. The maximum absolute atomic E-state index is 13.4. The Hall–Kier alpha value is -3.03. The van der Waals surface area contributed by atoms with E-state index < -0.39 is 0 Å². The standard InChI is InChI=1S/C20H23N7O/c28-20(17-12-27(25-24-17)15-4-2-1-3-5-15)26-11-8-16-18(23-13-22-16)19(26)14-6-9-21-10-7-14/h6-7,9-10,12-13,15,19H,1-5,8,11H2,(H,22,23). The molecule has 1 fully saturated rings. The number of hydrogen-bond donors (Lipinski definition) is 1. The highest BCUT2D eigenvalue weighted by molar-refractivity contribution is 5.92. The van der Waals surface area contributed by atoms with Gasteiger partial charge in [-0.25, -0.2) is 9.67 Å². The van der Waals surface area contributed by atoms with Crippen molar-refractivity contribution in [1.29, 1.82) is 0 Å². The van der Waals surface area contributed by atoms with E-state index in [1.165, 1.54) is 19.3 Å². The average molecular weight is 377 g/mol. The van der Waals surface area contributed by atoms with Crippen LogP contribution in [0, 0.1) is 0 Å². The summed E-state index contributed by atoms with van der Waals surface area (Å²) >= 11 is 0. The number of nitrogens with one attached hydrogen (secondary N) is 1. The normalized spacial score (nSPS) is 20.1. The van der Waals surface area contributed by atoms with Crippen molar-refractivity contribution >= 4 is 5.91 Å². The van der Waals surface area contributed by atoms with Gasteiger partial charge in [0, 0.05) is 31.1 Å². The number of hydrogen-bond acceptors (Lipinski definition) is 5. The summed E-state index contributed by atoms with van der Waals surface area (Å²) in [5.41, 5.74) is 3.38. The number of aromatic amines is 1. The van der Waals surface area contributed by atoms with Gasteiger partial charge in [0.15, 0.2) is 5.69 Å². The van der Waals surface area contributed by atoms with Crippen LogP contribution in [0.1, 0.15) is 71.6 Å². The Kier molecular flexibility index (Phi) is 4.38. The molecule has 2 aliphatic rings. The molecule has 1 aliphatic carbocycles. The van der Waals surface area contributed by atoms with Crippen molar-refractivity contribution in [1.82, 2.24) is 34.8 Å². The van der Waals surface area contributed by atoms with E-state index in [4.69, 9.17) is 0 Å². The third-order valence-corrected chi connectivity index (χ3v) is 5.89. The number of fused-ring (bicyclic) bond motifs is 1. The molecule has 1 N–H and O–H groups in total. The van der Waals surface area contributed by atoms with Gasteiger partial charge in [0.25, 0.3) is 5.91 Å². The number of nitrogens with zero attached hydrogens (tertiary/aromatic N) is 6. The second-order valence-corrected chi connectivity index (χ2v) is 7.57. The van der Waals surface area contributed by atoms with E-state index in [2.05, 4.69) is 25.3 Å². The van der Waals surface area contributed by atoms with Crippen molar-refractivity contribution in [3.63, 3.8) is 0 Å². The van der Waals surface area contributed by atoms with E-state index in [1.807, 2.05) is 27.9 Å². The first kappa shape index (κ1) is 17.1. The Morgan fingerprint density at radius 1 is 1.14 bits per heavy atom. The van der Waals surface area contributed by atoms with Crippen LogP contribution in [-0.4, -0.2) is 47.3 Å². The van der Waals surface area contributed by atoms with Crippen molar-refractivity contribution in [3.05, 3.63) is 59.7 Å². The van der Waals surface area contributed by atoms with E-state index >= 15 is 0 Å². The predicted octanol–water partition coefficient (Wildman–Crippen LogP) is 2.69. The summed E-state index contributed by atoms with van der Waals surface area (Å²) in [6.45, 7) is 0.608. The molecule has 8 nitrogen and oxygen atoms in total. The SMILES string of the molecule is O=C(c1cn(C2CCCCC2)nn1)N1CCc2[nH]cnc2C1c1ccncc1. The van der Waals surface area contributed by atoms with Gasteiger partial charge in [-0.1, -0.05) is 24.5 Å². The molecule has 1 aliphatic heterocycles. The zero-order chi connectivity index (χ0) is 18.9. The summed E-state index contributed by atoms with van der Waals surface area (Å²) < 4.78 is 1.89. The van der Waals surface area contributed by atoms with Crippen molar-refractivity contribution in [2.75, 3.05) is 6.54 Å². The zero-order valence-corrected chi connectivity index (χ0v) is 15.7. The summed E-state index contributed by atoms with van der Waals surface area (Å²) in [6.07, 6.45) is 13.7. The number of carbonyl (C=O) groups is 1. The van der Waals surface area contributed by atoms with Gasteiger partial charge < -0.3 is 9.88 Å². The van der Waals surface area contributed by atoms with Crippen molar-refractivity contribution < 1.29 is 4.79 Å². The minimum absolute atomic E-state index is 0.0995. The van der Waals surface area contributed by atoms with Crippen LogP contribution in [0.2, 0.25) is 0 Å². The van der Waals surface area contributed by atoms with Crippen LogP contribution in [0.15, 0.2) is 37.1 Å². The first-order valence-corrected chi connectivity index (χ1v) is 9.96. The predicted molar refractivity (Wildman–Crippen MR) is 102 cm³/mol. The molecule has 4 heterocycles. The highest BCUT2D eigenvalue weighted by atomic mass is 16.2. The quantitative estimate of drug-likeness (QED) is 0.757. The summed E-state index contributed by atoms with van der Waals surface area (Å²) in [4.78, 5) is 27.0. The molecule has 0 radical (unpaired) electrons. The number of pyridine rings is 1. The summed E-state index contributed by atoms with van der Waals surface area (Å²) in [5, 5.41) is 8.49. The lowest BCUT2D eigenvalue weighted by Gasteiger charge is -2.34. The van der Waals surface area contributed by atoms with Gasteiger partial charge in [-0.05, 0) is 30.5 Å². The fraction of sp³-hybridized carbons (Fsp3) is 0.450. The molecule has 0 aromatic carbocycles. The summed E-state index contributed by atoms with van der Waals surface area (Å²) in [6, 6.07) is 3.99. The van der Waals surface area contributed by atoms with E-state index in [1.54, 1.807) is 18.7 Å². The van der Waals surface area contributed by atoms with Gasteiger partial charge >= 0.3 is 0 Å². The van der Waals surface area contributed by atoms with Crippen LogP contribution in [0.4, 0.5) is 0 Å². The fourth-order valence-corrected chi connectivity index (χ4v) is 4.42. The number of rotatable bonds is 3. The molecule has 144 valence electrons. The largest absolute Gasteiger partial charge is 0.348 e. The molecule has 3 aromatic heterocycles. The molecule has 0 spiro atoms. The summed E-state index contributed by atoms with van der Waals surface area (Å²) in [7, 11) is 0. The lowest BCUT2D eigenvalue weighted by Crippen LogP contribution is -2.41. The van der Waals surface area contributed by atoms with Crippen LogP contribution >= 0.6 is 0 Å². The van der Waals surface area contributed by atoms with Gasteiger partial charge in [-0.3, -0.25) is 9.78 Å². The Labute approximate surface area is 163 Å². The zero-order valence-electron chi connectivity index (χ0n) is 15.7. The highest BCUT2D eigenvalue weighted by Gasteiger charge is 2.35. The molecule has 3 aromatic rings. The molecule has 8 heteroatoms. The molecule has 0 saturated heterocycles. The van der Waals surface area contributed by atoms with E-state index in [0.717, 1.165) is 36.2 Å². The maximum atomic E-state index is 13.4. The monoisotopic (exact) mass is 377 g/mol. The summed E-state index contributed by atoms with van der Waals surface area (Å²) in [5.74, 6) is -0.0995. The van der Waals surface area contributed by atoms with E-state index in [0.29, 0.717) is 18.3 Å². The Morgan fingerprint density at radius 3 is 2.79 bits per heavy atom. The fourth-order valence-electron chi connectivity index (χ4n) is 4.42. The van der Waals surface area contributed by atoms with Gasteiger partial charge in [-0.15, -0.1) is 5.10 Å². The minimum Gasteiger partial charge on any atom is -0.348 e. The van der Waals surface area contributed by atoms with Gasteiger partial charge in [0.05, 0.1) is 24.3 Å². The lowest BCUT2D eigenvalue weighted by atomic mass is 9.95. The van der Waals surface area contributed by atoms with Crippen molar-refractivity contribution in [3.8, 4) is 0 Å². The van der Waals surface area contributed by atoms with Crippen molar-refractivity contribution in [2.24, 2.45) is 0 Å². The van der Waals surface area contributed by atoms with Crippen LogP contribution < -0.4 is 0 Å². The Bertz CT molecular complexity index is 958. The van der Waals surface area contributed by atoms with Crippen LogP contribution in [0.25, 0.3) is 0 Å². The molecule has 5 rings (SSSR count). The van der Waals surface area contributed by atoms with Gasteiger partial charge in [0.1, 0.15) is 6.04 Å². The first-order valence-electron chi connectivity index (χ1n) is 9.96. The minimum atomic E-state index is -0.245. The van der Waals surface area contributed by atoms with Gasteiger partial charge in [-0.2, -0.15) is 0 Å². The molecule has 1 amide bonds. The van der Waals surface area contributed by atoms with E-state index in [9.17, 15) is 4.79 Å². The first-order chi connectivity index (χ1) is 13.8. The number of carbonyl (C=O) groups excluding carboxylic acids is 1. The molecule has 0 bridgehead atoms. The molecule has 28 heavy (non-hydrogen) atoms. The molecule has 1 saturated carbocycles. The topological polar surface area (TPSA) is 92.6 Å². The number of aromatic nitrogens is 6.